The van der Waals surface area contributed by atoms with Crippen molar-refractivity contribution in [2.45, 2.75) is 18.9 Å². The van der Waals surface area contributed by atoms with Crippen LogP contribution in [0.4, 0.5) is 5.69 Å². The first-order valence-electron chi connectivity index (χ1n) is 6.07. The van der Waals surface area contributed by atoms with Crippen LogP contribution in [0.15, 0.2) is 30.3 Å². The number of likely N-dealkylation sites (tertiary alicyclic amines) is 1. The molecule has 92 valence electrons. The average Bonchev–Trinajstić information content (AvgIpc) is 2.74. The van der Waals surface area contributed by atoms with Crippen LogP contribution in [0.5, 0.6) is 0 Å². The van der Waals surface area contributed by atoms with E-state index in [-0.39, 0.29) is 11.9 Å². The van der Waals surface area contributed by atoms with Gasteiger partial charge in [-0.15, -0.1) is 0 Å². The van der Waals surface area contributed by atoms with E-state index in [1.165, 1.54) is 0 Å². The SMILES string of the molecule is N[C@@H]1CCN(CCC(=O)Nc2ccccc2)C1. The van der Waals surface area contributed by atoms with Gasteiger partial charge in [0.25, 0.3) is 0 Å². The molecule has 4 nitrogen and oxygen atoms in total. The Hall–Kier alpha value is -1.39. The van der Waals surface area contributed by atoms with Gasteiger partial charge in [0.05, 0.1) is 0 Å². The number of carbonyl (C=O) groups is 1. The summed E-state index contributed by atoms with van der Waals surface area (Å²) in [4.78, 5) is 13.9. The van der Waals surface area contributed by atoms with Crippen molar-refractivity contribution >= 4 is 11.6 Å². The maximum Gasteiger partial charge on any atom is 0.225 e. The van der Waals surface area contributed by atoms with Crippen LogP contribution in [0.2, 0.25) is 0 Å². The Morgan fingerprint density at radius 2 is 2.18 bits per heavy atom. The number of para-hydroxylation sites is 1. The fraction of sp³-hybridized carbons (Fsp3) is 0.462. The Morgan fingerprint density at radius 1 is 1.41 bits per heavy atom. The second-order valence-corrected chi connectivity index (χ2v) is 4.51. The third kappa shape index (κ3) is 3.84. The van der Waals surface area contributed by atoms with Gasteiger partial charge in [0.1, 0.15) is 0 Å². The normalized spacial score (nSPS) is 20.4. The van der Waals surface area contributed by atoms with Crippen molar-refractivity contribution in [3.05, 3.63) is 30.3 Å². The Kier molecular flexibility index (Phi) is 4.12. The number of anilines is 1. The van der Waals surface area contributed by atoms with Crippen LogP contribution in [-0.2, 0) is 4.79 Å². The summed E-state index contributed by atoms with van der Waals surface area (Å²) < 4.78 is 0. The molecule has 4 heteroatoms. The van der Waals surface area contributed by atoms with E-state index >= 15 is 0 Å². The third-order valence-electron chi connectivity index (χ3n) is 3.02. The number of nitrogens with one attached hydrogen (secondary N) is 1. The lowest BCUT2D eigenvalue weighted by Crippen LogP contribution is -2.29. The van der Waals surface area contributed by atoms with Crippen molar-refractivity contribution in [1.29, 1.82) is 0 Å². The first-order chi connectivity index (χ1) is 8.24. The zero-order valence-electron chi connectivity index (χ0n) is 9.93. The Balaban J connectivity index is 1.71. The van der Waals surface area contributed by atoms with E-state index in [0.29, 0.717) is 6.42 Å². The van der Waals surface area contributed by atoms with Crippen LogP contribution in [0.25, 0.3) is 0 Å². The van der Waals surface area contributed by atoms with Crippen molar-refractivity contribution in [2.24, 2.45) is 5.73 Å². The van der Waals surface area contributed by atoms with Gasteiger partial charge in [0, 0.05) is 31.2 Å². The highest BCUT2D eigenvalue weighted by atomic mass is 16.1. The van der Waals surface area contributed by atoms with Crippen molar-refractivity contribution in [3.8, 4) is 0 Å². The Labute approximate surface area is 102 Å². The largest absolute Gasteiger partial charge is 0.326 e. The second kappa shape index (κ2) is 5.80. The molecule has 1 aromatic carbocycles. The summed E-state index contributed by atoms with van der Waals surface area (Å²) in [5, 5.41) is 2.88. The van der Waals surface area contributed by atoms with E-state index in [1.54, 1.807) is 0 Å². The highest BCUT2D eigenvalue weighted by Gasteiger charge is 2.19. The maximum atomic E-state index is 11.7. The number of nitrogens with zero attached hydrogens (tertiary/aromatic N) is 1. The number of hydrogen-bond donors (Lipinski definition) is 2. The lowest BCUT2D eigenvalue weighted by Gasteiger charge is -2.14. The van der Waals surface area contributed by atoms with Crippen LogP contribution < -0.4 is 11.1 Å². The van der Waals surface area contributed by atoms with Gasteiger partial charge in [0.15, 0.2) is 0 Å². The predicted molar refractivity (Wildman–Crippen MR) is 68.7 cm³/mol. The number of amides is 1. The highest BCUT2D eigenvalue weighted by Crippen LogP contribution is 2.09. The molecule has 1 aliphatic heterocycles. The maximum absolute atomic E-state index is 11.7. The van der Waals surface area contributed by atoms with Crippen LogP contribution in [0, 0.1) is 0 Å². The summed E-state index contributed by atoms with van der Waals surface area (Å²) >= 11 is 0. The van der Waals surface area contributed by atoms with E-state index in [1.807, 2.05) is 30.3 Å². The molecule has 0 aliphatic carbocycles. The molecular formula is C13H19N3O. The molecule has 1 atom stereocenters. The van der Waals surface area contributed by atoms with E-state index in [0.717, 1.165) is 31.7 Å². The zero-order valence-corrected chi connectivity index (χ0v) is 9.93. The zero-order chi connectivity index (χ0) is 12.1. The monoisotopic (exact) mass is 233 g/mol. The second-order valence-electron chi connectivity index (χ2n) is 4.51. The molecule has 0 aromatic heterocycles. The minimum Gasteiger partial charge on any atom is -0.326 e. The quantitative estimate of drug-likeness (QED) is 0.817. The Morgan fingerprint density at radius 3 is 2.82 bits per heavy atom. The van der Waals surface area contributed by atoms with Crippen molar-refractivity contribution in [2.75, 3.05) is 25.0 Å². The minimum atomic E-state index is 0.0664. The number of rotatable bonds is 4. The third-order valence-corrected chi connectivity index (χ3v) is 3.02. The van der Waals surface area contributed by atoms with Crippen LogP contribution >= 0.6 is 0 Å². The summed E-state index contributed by atoms with van der Waals surface area (Å²) in [6.45, 7) is 2.73. The van der Waals surface area contributed by atoms with Gasteiger partial charge in [0.2, 0.25) is 5.91 Å². The molecule has 1 aromatic rings. The van der Waals surface area contributed by atoms with E-state index in [2.05, 4.69) is 10.2 Å². The number of carbonyl (C=O) groups excluding carboxylic acids is 1. The molecule has 17 heavy (non-hydrogen) atoms. The molecule has 1 saturated heterocycles. The summed E-state index contributed by atoms with van der Waals surface area (Å²) in [5.41, 5.74) is 6.67. The molecule has 0 spiro atoms. The average molecular weight is 233 g/mol. The van der Waals surface area contributed by atoms with Crippen LogP contribution in [0.3, 0.4) is 0 Å². The van der Waals surface area contributed by atoms with Gasteiger partial charge in [-0.25, -0.2) is 0 Å². The number of benzene rings is 1. The molecule has 3 N–H and O–H groups in total. The van der Waals surface area contributed by atoms with Gasteiger partial charge < -0.3 is 16.0 Å². The van der Waals surface area contributed by atoms with Crippen LogP contribution in [-0.4, -0.2) is 36.5 Å². The standard InChI is InChI=1S/C13H19N3O/c14-11-6-8-16(10-11)9-7-13(17)15-12-4-2-1-3-5-12/h1-5,11H,6-10,14H2,(H,15,17)/t11-/m1/s1. The van der Waals surface area contributed by atoms with Gasteiger partial charge in [-0.2, -0.15) is 0 Å². The lowest BCUT2D eigenvalue weighted by molar-refractivity contribution is -0.116. The number of nitrogens with two attached hydrogens (primary N) is 1. The van der Waals surface area contributed by atoms with Gasteiger partial charge in [-0.1, -0.05) is 18.2 Å². The van der Waals surface area contributed by atoms with Crippen molar-refractivity contribution < 1.29 is 4.79 Å². The number of hydrogen-bond acceptors (Lipinski definition) is 3. The summed E-state index contributed by atoms with van der Waals surface area (Å²) in [6, 6.07) is 9.82. The summed E-state index contributed by atoms with van der Waals surface area (Å²) in [5.74, 6) is 0.0664. The topological polar surface area (TPSA) is 58.4 Å². The molecule has 1 aliphatic rings. The van der Waals surface area contributed by atoms with Crippen LogP contribution in [0.1, 0.15) is 12.8 Å². The fourth-order valence-corrected chi connectivity index (χ4v) is 2.07. The highest BCUT2D eigenvalue weighted by molar-refractivity contribution is 5.90. The summed E-state index contributed by atoms with van der Waals surface area (Å²) in [6.07, 6.45) is 1.57. The van der Waals surface area contributed by atoms with E-state index in [4.69, 9.17) is 5.73 Å². The van der Waals surface area contributed by atoms with Gasteiger partial charge in [-0.05, 0) is 25.1 Å². The van der Waals surface area contributed by atoms with Gasteiger partial charge in [-0.3, -0.25) is 4.79 Å². The van der Waals surface area contributed by atoms with Gasteiger partial charge >= 0.3 is 0 Å². The first-order valence-corrected chi connectivity index (χ1v) is 6.07. The first kappa shape index (κ1) is 12.1. The molecule has 0 bridgehead atoms. The predicted octanol–water partition coefficient (Wildman–Crippen LogP) is 1.05. The van der Waals surface area contributed by atoms with E-state index in [9.17, 15) is 4.79 Å². The van der Waals surface area contributed by atoms with Crippen molar-refractivity contribution in [3.63, 3.8) is 0 Å². The molecule has 2 rings (SSSR count). The minimum absolute atomic E-state index is 0.0664. The molecular weight excluding hydrogens is 214 g/mol. The summed E-state index contributed by atoms with van der Waals surface area (Å²) in [7, 11) is 0. The molecule has 0 unspecified atom stereocenters. The molecule has 1 fully saturated rings. The molecule has 1 amide bonds. The van der Waals surface area contributed by atoms with Crippen molar-refractivity contribution in [1.82, 2.24) is 4.90 Å². The molecule has 0 saturated carbocycles. The lowest BCUT2D eigenvalue weighted by atomic mass is 10.3. The van der Waals surface area contributed by atoms with E-state index < -0.39 is 0 Å². The molecule has 0 radical (unpaired) electrons. The molecule has 1 heterocycles. The smallest absolute Gasteiger partial charge is 0.225 e. The Bertz CT molecular complexity index is 366. The fourth-order valence-electron chi connectivity index (χ4n) is 2.07.